The second-order valence-corrected chi connectivity index (χ2v) is 4.40. The fraction of sp³-hybridized carbons (Fsp3) is 0.364. The first-order valence-corrected chi connectivity index (χ1v) is 6.35. The minimum atomic E-state index is -1.12. The Balaban J connectivity index is 2.51. The number of pyridine rings is 1. The number of carboxylic acids is 1. The smallest absolute Gasteiger partial charge is 0.339 e. The summed E-state index contributed by atoms with van der Waals surface area (Å²) in [5.74, 6) is -0.387. The molecular formula is C11H14N2O4S. The zero-order chi connectivity index (χ0) is 13.4. The maximum atomic E-state index is 11.5. The normalized spacial score (nSPS) is 10.1. The van der Waals surface area contributed by atoms with Gasteiger partial charge >= 0.3 is 5.97 Å². The highest BCUT2D eigenvalue weighted by Crippen LogP contribution is 2.11. The highest BCUT2D eigenvalue weighted by Gasteiger charge is 2.12. The molecule has 0 spiro atoms. The van der Waals surface area contributed by atoms with E-state index in [-0.39, 0.29) is 23.0 Å². The van der Waals surface area contributed by atoms with Gasteiger partial charge in [-0.15, -0.1) is 11.8 Å². The molecule has 98 valence electrons. The van der Waals surface area contributed by atoms with Crippen LogP contribution < -0.4 is 5.32 Å². The van der Waals surface area contributed by atoms with Crippen LogP contribution in [0.2, 0.25) is 0 Å². The molecule has 0 aliphatic carbocycles. The number of aromatic nitrogens is 1. The molecule has 2 N–H and O–H groups in total. The second kappa shape index (κ2) is 7.67. The highest BCUT2D eigenvalue weighted by molar-refractivity contribution is 7.99. The summed E-state index contributed by atoms with van der Waals surface area (Å²) in [6.45, 7) is 0.571. The van der Waals surface area contributed by atoms with Crippen LogP contribution in [0.1, 0.15) is 10.4 Å². The van der Waals surface area contributed by atoms with Gasteiger partial charge in [0, 0.05) is 19.1 Å². The van der Waals surface area contributed by atoms with Gasteiger partial charge in [-0.25, -0.2) is 9.78 Å². The fourth-order valence-electron chi connectivity index (χ4n) is 1.15. The van der Waals surface area contributed by atoms with E-state index in [4.69, 9.17) is 9.84 Å². The SMILES string of the molecule is COCCSCC(=O)Nc1ncccc1C(=O)O. The lowest BCUT2D eigenvalue weighted by atomic mass is 10.2. The van der Waals surface area contributed by atoms with Gasteiger partial charge in [-0.05, 0) is 12.1 Å². The van der Waals surface area contributed by atoms with Crippen molar-refractivity contribution in [3.8, 4) is 0 Å². The van der Waals surface area contributed by atoms with E-state index in [0.29, 0.717) is 12.4 Å². The van der Waals surface area contributed by atoms with Crippen molar-refractivity contribution in [1.29, 1.82) is 0 Å². The fourth-order valence-corrected chi connectivity index (χ4v) is 1.84. The zero-order valence-corrected chi connectivity index (χ0v) is 10.7. The van der Waals surface area contributed by atoms with E-state index in [1.165, 1.54) is 30.1 Å². The predicted molar refractivity (Wildman–Crippen MR) is 69.0 cm³/mol. The molecule has 0 saturated heterocycles. The number of ether oxygens (including phenoxy) is 1. The third kappa shape index (κ3) is 4.72. The molecule has 6 nitrogen and oxygen atoms in total. The van der Waals surface area contributed by atoms with Crippen LogP contribution in [-0.4, -0.2) is 47.2 Å². The summed E-state index contributed by atoms with van der Waals surface area (Å²) in [6.07, 6.45) is 1.43. The number of thioether (sulfide) groups is 1. The van der Waals surface area contributed by atoms with Gasteiger partial charge in [0.15, 0.2) is 0 Å². The Morgan fingerprint density at radius 1 is 1.56 bits per heavy atom. The number of hydrogen-bond donors (Lipinski definition) is 2. The van der Waals surface area contributed by atoms with Crippen LogP contribution in [0.4, 0.5) is 5.82 Å². The van der Waals surface area contributed by atoms with Crippen LogP contribution in [-0.2, 0) is 9.53 Å². The average Bonchev–Trinajstić information content (AvgIpc) is 2.35. The minimum Gasteiger partial charge on any atom is -0.478 e. The first-order chi connectivity index (χ1) is 8.65. The number of carbonyl (C=O) groups is 2. The Kier molecular flexibility index (Phi) is 6.16. The van der Waals surface area contributed by atoms with Crippen LogP contribution in [0.15, 0.2) is 18.3 Å². The maximum absolute atomic E-state index is 11.5. The quantitative estimate of drug-likeness (QED) is 0.721. The Bertz CT molecular complexity index is 425. The summed E-state index contributed by atoms with van der Waals surface area (Å²) in [6, 6.07) is 2.90. The molecule has 0 saturated carbocycles. The largest absolute Gasteiger partial charge is 0.478 e. The number of nitrogens with zero attached hydrogens (tertiary/aromatic N) is 1. The van der Waals surface area contributed by atoms with Crippen LogP contribution in [0.3, 0.4) is 0 Å². The van der Waals surface area contributed by atoms with E-state index in [9.17, 15) is 9.59 Å². The van der Waals surface area contributed by atoms with E-state index in [1.54, 1.807) is 7.11 Å². The van der Waals surface area contributed by atoms with E-state index in [0.717, 1.165) is 0 Å². The lowest BCUT2D eigenvalue weighted by Gasteiger charge is -2.06. The minimum absolute atomic E-state index is 0.0206. The monoisotopic (exact) mass is 270 g/mol. The molecule has 18 heavy (non-hydrogen) atoms. The number of nitrogens with one attached hydrogen (secondary N) is 1. The third-order valence-corrected chi connectivity index (χ3v) is 2.88. The number of anilines is 1. The van der Waals surface area contributed by atoms with Crippen molar-refractivity contribution in [2.75, 3.05) is 30.5 Å². The number of carboxylic acid groups (broad SMARTS) is 1. The summed E-state index contributed by atoms with van der Waals surface area (Å²) in [5.41, 5.74) is -0.0206. The standard InChI is InChI=1S/C11H14N2O4S/c1-17-5-6-18-7-9(14)13-10-8(11(15)16)3-2-4-12-10/h2-4H,5-7H2,1H3,(H,15,16)(H,12,13,14). The van der Waals surface area contributed by atoms with E-state index >= 15 is 0 Å². The molecule has 0 fully saturated rings. The van der Waals surface area contributed by atoms with Crippen molar-refractivity contribution in [2.24, 2.45) is 0 Å². The van der Waals surface area contributed by atoms with Gasteiger partial charge < -0.3 is 15.2 Å². The molecule has 1 rings (SSSR count). The van der Waals surface area contributed by atoms with Crippen molar-refractivity contribution in [3.05, 3.63) is 23.9 Å². The van der Waals surface area contributed by atoms with Crippen LogP contribution >= 0.6 is 11.8 Å². The molecule has 1 amide bonds. The summed E-state index contributed by atoms with van der Waals surface area (Å²) in [7, 11) is 1.59. The van der Waals surface area contributed by atoms with Gasteiger partial charge in [0.1, 0.15) is 11.4 Å². The van der Waals surface area contributed by atoms with Crippen LogP contribution in [0, 0.1) is 0 Å². The molecule has 1 heterocycles. The molecule has 1 aromatic rings. The molecule has 0 atom stereocenters. The number of aromatic carboxylic acids is 1. The van der Waals surface area contributed by atoms with Crippen molar-refractivity contribution in [2.45, 2.75) is 0 Å². The maximum Gasteiger partial charge on any atom is 0.339 e. The number of rotatable bonds is 7. The molecule has 0 radical (unpaired) electrons. The second-order valence-electron chi connectivity index (χ2n) is 3.30. The van der Waals surface area contributed by atoms with Gasteiger partial charge in [-0.3, -0.25) is 4.79 Å². The highest BCUT2D eigenvalue weighted by atomic mass is 32.2. The topological polar surface area (TPSA) is 88.5 Å². The van der Waals surface area contributed by atoms with Gasteiger partial charge in [0.2, 0.25) is 5.91 Å². The lowest BCUT2D eigenvalue weighted by Crippen LogP contribution is -2.18. The number of methoxy groups -OCH3 is 1. The van der Waals surface area contributed by atoms with Gasteiger partial charge in [-0.2, -0.15) is 0 Å². The Hall–Kier alpha value is -1.60. The number of carbonyl (C=O) groups excluding carboxylic acids is 1. The van der Waals surface area contributed by atoms with Crippen molar-refractivity contribution < 1.29 is 19.4 Å². The van der Waals surface area contributed by atoms with Crippen molar-refractivity contribution in [1.82, 2.24) is 4.98 Å². The Morgan fingerprint density at radius 3 is 3.00 bits per heavy atom. The van der Waals surface area contributed by atoms with Gasteiger partial charge in [0.05, 0.1) is 12.4 Å². The molecule has 0 aliphatic rings. The molecule has 7 heteroatoms. The Morgan fingerprint density at radius 2 is 2.33 bits per heavy atom. The summed E-state index contributed by atoms with van der Waals surface area (Å²) < 4.78 is 4.85. The van der Waals surface area contributed by atoms with E-state index in [2.05, 4.69) is 10.3 Å². The van der Waals surface area contributed by atoms with Gasteiger partial charge in [-0.1, -0.05) is 0 Å². The van der Waals surface area contributed by atoms with E-state index < -0.39 is 5.97 Å². The molecule has 0 aromatic carbocycles. The summed E-state index contributed by atoms with van der Waals surface area (Å²) in [5, 5.41) is 11.4. The third-order valence-electron chi connectivity index (χ3n) is 1.96. The molecule has 1 aromatic heterocycles. The lowest BCUT2D eigenvalue weighted by molar-refractivity contribution is -0.113. The summed E-state index contributed by atoms with van der Waals surface area (Å²) >= 11 is 1.41. The van der Waals surface area contributed by atoms with E-state index in [1.807, 2.05) is 0 Å². The number of amides is 1. The zero-order valence-electron chi connectivity index (χ0n) is 9.88. The van der Waals surface area contributed by atoms with Crippen LogP contribution in [0.5, 0.6) is 0 Å². The Labute approximate surface area is 109 Å². The van der Waals surface area contributed by atoms with Gasteiger partial charge in [0.25, 0.3) is 0 Å². The van der Waals surface area contributed by atoms with Crippen molar-refractivity contribution >= 4 is 29.5 Å². The summed E-state index contributed by atoms with van der Waals surface area (Å²) in [4.78, 5) is 26.3. The van der Waals surface area contributed by atoms with Crippen molar-refractivity contribution in [3.63, 3.8) is 0 Å². The van der Waals surface area contributed by atoms with Crippen LogP contribution in [0.25, 0.3) is 0 Å². The first-order valence-electron chi connectivity index (χ1n) is 5.20. The molecule has 0 bridgehead atoms. The molecule has 0 unspecified atom stereocenters. The molecule has 0 aliphatic heterocycles. The predicted octanol–water partition coefficient (Wildman–Crippen LogP) is 1.10. The first kappa shape index (κ1) is 14.5. The number of hydrogen-bond acceptors (Lipinski definition) is 5. The average molecular weight is 270 g/mol. The molecular weight excluding hydrogens is 256 g/mol.